The number of nitrogens with one attached hydrogen (secondary N) is 1. The number of hydrogen-bond donors (Lipinski definition) is 1. The minimum Gasteiger partial charge on any atom is -0.373 e. The van der Waals surface area contributed by atoms with Gasteiger partial charge in [0, 0.05) is 56.3 Å². The zero-order valence-corrected chi connectivity index (χ0v) is 16.5. The Bertz CT molecular complexity index is 992. The molecule has 29 heavy (non-hydrogen) atoms. The van der Waals surface area contributed by atoms with E-state index in [9.17, 15) is 4.79 Å². The number of likely N-dealkylation sites (tertiary alicyclic amines) is 1. The maximum absolute atomic E-state index is 12.9. The average molecular weight is 389 g/mol. The van der Waals surface area contributed by atoms with Gasteiger partial charge in [-0.05, 0) is 31.9 Å². The van der Waals surface area contributed by atoms with Crippen LogP contribution in [0.2, 0.25) is 0 Å². The van der Waals surface area contributed by atoms with E-state index in [0.29, 0.717) is 24.6 Å². The third-order valence-electron chi connectivity index (χ3n) is 5.05. The number of piperidine rings is 1. The van der Waals surface area contributed by atoms with Crippen molar-refractivity contribution in [2.24, 2.45) is 0 Å². The van der Waals surface area contributed by atoms with Crippen LogP contribution in [-0.2, 0) is 0 Å². The fourth-order valence-electron chi connectivity index (χ4n) is 3.50. The second kappa shape index (κ2) is 8.30. The molecular weight excluding hydrogens is 366 g/mol. The molecule has 8 heteroatoms. The van der Waals surface area contributed by atoms with E-state index in [1.807, 2.05) is 37.1 Å². The van der Waals surface area contributed by atoms with Crippen molar-refractivity contribution in [1.82, 2.24) is 29.8 Å². The summed E-state index contributed by atoms with van der Waals surface area (Å²) in [6.07, 6.45) is 8.53. The van der Waals surface area contributed by atoms with Crippen molar-refractivity contribution in [3.63, 3.8) is 0 Å². The Morgan fingerprint density at radius 3 is 2.83 bits per heavy atom. The number of rotatable bonds is 4. The number of carbonyl (C=O) groups excluding carboxylic acids is 1. The maximum Gasteiger partial charge on any atom is 0.274 e. The fourth-order valence-corrected chi connectivity index (χ4v) is 3.50. The van der Waals surface area contributed by atoms with E-state index in [0.717, 1.165) is 35.6 Å². The van der Waals surface area contributed by atoms with Crippen molar-refractivity contribution in [3.05, 3.63) is 60.1 Å². The van der Waals surface area contributed by atoms with Crippen molar-refractivity contribution >= 4 is 11.7 Å². The van der Waals surface area contributed by atoms with Gasteiger partial charge in [-0.25, -0.2) is 15.0 Å². The number of amides is 1. The van der Waals surface area contributed by atoms with Crippen molar-refractivity contribution in [1.29, 1.82) is 0 Å². The Hall–Kier alpha value is -3.42. The minimum absolute atomic E-state index is 0.0856. The topological polar surface area (TPSA) is 96.8 Å². The van der Waals surface area contributed by atoms with E-state index in [-0.39, 0.29) is 11.8 Å². The van der Waals surface area contributed by atoms with Crippen LogP contribution >= 0.6 is 0 Å². The molecule has 0 bridgehead atoms. The summed E-state index contributed by atoms with van der Waals surface area (Å²) in [5.41, 5.74) is 2.97. The van der Waals surface area contributed by atoms with Gasteiger partial charge in [-0.15, -0.1) is 0 Å². The van der Waals surface area contributed by atoms with Gasteiger partial charge in [-0.1, -0.05) is 0 Å². The van der Waals surface area contributed by atoms with Crippen LogP contribution in [0.1, 0.15) is 40.6 Å². The zero-order chi connectivity index (χ0) is 20.2. The molecule has 1 N–H and O–H groups in total. The summed E-state index contributed by atoms with van der Waals surface area (Å²) in [5, 5.41) is 3.11. The summed E-state index contributed by atoms with van der Waals surface area (Å²) in [6, 6.07) is 5.77. The molecule has 3 aromatic rings. The van der Waals surface area contributed by atoms with Crippen molar-refractivity contribution in [3.8, 4) is 11.4 Å². The van der Waals surface area contributed by atoms with Gasteiger partial charge in [0.05, 0.1) is 17.6 Å². The van der Waals surface area contributed by atoms with Crippen LogP contribution in [0.25, 0.3) is 11.4 Å². The number of nitrogens with zero attached hydrogens (tertiary/aromatic N) is 6. The van der Waals surface area contributed by atoms with E-state index in [1.54, 1.807) is 24.8 Å². The van der Waals surface area contributed by atoms with Gasteiger partial charge in [0.15, 0.2) is 5.82 Å². The molecule has 0 aromatic carbocycles. The molecule has 0 saturated carbocycles. The van der Waals surface area contributed by atoms with E-state index in [2.05, 4.69) is 25.3 Å². The minimum atomic E-state index is -0.0856. The summed E-state index contributed by atoms with van der Waals surface area (Å²) in [6.45, 7) is 3.16. The molecule has 0 spiro atoms. The number of pyridine rings is 1. The molecule has 1 fully saturated rings. The van der Waals surface area contributed by atoms with Gasteiger partial charge in [0.1, 0.15) is 11.5 Å². The van der Waals surface area contributed by atoms with Crippen LogP contribution in [0.4, 0.5) is 5.82 Å². The Labute approximate surface area is 169 Å². The summed E-state index contributed by atoms with van der Waals surface area (Å²) in [4.78, 5) is 36.7. The van der Waals surface area contributed by atoms with Gasteiger partial charge in [0.25, 0.3) is 5.91 Å². The van der Waals surface area contributed by atoms with E-state index in [1.165, 1.54) is 0 Å². The highest BCUT2D eigenvalue weighted by Gasteiger charge is 2.28. The van der Waals surface area contributed by atoms with E-state index < -0.39 is 0 Å². The van der Waals surface area contributed by atoms with Crippen LogP contribution < -0.4 is 5.32 Å². The predicted octanol–water partition coefficient (Wildman–Crippen LogP) is 2.70. The zero-order valence-electron chi connectivity index (χ0n) is 16.5. The Morgan fingerprint density at radius 1 is 1.21 bits per heavy atom. The molecule has 1 aliphatic rings. The SMILES string of the molecule is CNc1cc([C@H]2CCCN(C(=O)c3cnc(C)cn3)C2)nc(-c2cccnc2)n1. The van der Waals surface area contributed by atoms with Crippen LogP contribution in [0.5, 0.6) is 0 Å². The van der Waals surface area contributed by atoms with E-state index in [4.69, 9.17) is 4.98 Å². The lowest BCUT2D eigenvalue weighted by molar-refractivity contribution is 0.0699. The van der Waals surface area contributed by atoms with Gasteiger partial charge in [-0.3, -0.25) is 14.8 Å². The average Bonchev–Trinajstić information content (AvgIpc) is 2.79. The highest BCUT2D eigenvalue weighted by Crippen LogP contribution is 2.29. The molecule has 3 aromatic heterocycles. The quantitative estimate of drug-likeness (QED) is 0.733. The standard InChI is InChI=1S/C21H23N7O/c1-14-10-25-18(12-24-14)21(29)28-8-4-6-16(13-28)17-9-19(22-2)27-20(26-17)15-5-3-7-23-11-15/h3,5,7,9-12,16H,4,6,8,13H2,1-2H3,(H,22,26,27)/t16-/m0/s1. The molecule has 4 heterocycles. The second-order valence-corrected chi connectivity index (χ2v) is 7.13. The van der Waals surface area contributed by atoms with E-state index >= 15 is 0 Å². The smallest absolute Gasteiger partial charge is 0.274 e. The summed E-state index contributed by atoms with van der Waals surface area (Å²) in [5.74, 6) is 1.43. The molecule has 0 unspecified atom stereocenters. The maximum atomic E-state index is 12.9. The third kappa shape index (κ3) is 4.21. The molecule has 148 valence electrons. The lowest BCUT2D eigenvalue weighted by Gasteiger charge is -2.32. The number of anilines is 1. The molecule has 1 saturated heterocycles. The van der Waals surface area contributed by atoms with Crippen LogP contribution in [0, 0.1) is 6.92 Å². The lowest BCUT2D eigenvalue weighted by atomic mass is 9.94. The summed E-state index contributed by atoms with van der Waals surface area (Å²) in [7, 11) is 1.84. The normalized spacial score (nSPS) is 16.5. The van der Waals surface area contributed by atoms with Crippen LogP contribution in [-0.4, -0.2) is 55.9 Å². The molecule has 0 radical (unpaired) electrons. The largest absolute Gasteiger partial charge is 0.373 e. The first-order valence-corrected chi connectivity index (χ1v) is 9.69. The molecular formula is C21H23N7O. The first kappa shape index (κ1) is 18.9. The van der Waals surface area contributed by atoms with Gasteiger partial charge < -0.3 is 10.2 Å². The number of carbonyl (C=O) groups is 1. The highest BCUT2D eigenvalue weighted by atomic mass is 16.2. The first-order valence-electron chi connectivity index (χ1n) is 9.69. The summed E-state index contributed by atoms with van der Waals surface area (Å²) < 4.78 is 0. The summed E-state index contributed by atoms with van der Waals surface area (Å²) >= 11 is 0. The molecule has 1 amide bonds. The number of hydrogen-bond acceptors (Lipinski definition) is 7. The highest BCUT2D eigenvalue weighted by molar-refractivity contribution is 5.92. The van der Waals surface area contributed by atoms with Crippen molar-refractivity contribution < 1.29 is 4.79 Å². The fraction of sp³-hybridized carbons (Fsp3) is 0.333. The van der Waals surface area contributed by atoms with Crippen LogP contribution in [0.3, 0.4) is 0 Å². The van der Waals surface area contributed by atoms with Gasteiger partial charge in [-0.2, -0.15) is 0 Å². The number of aryl methyl sites for hydroxylation is 1. The first-order chi connectivity index (χ1) is 14.1. The van der Waals surface area contributed by atoms with Crippen LogP contribution in [0.15, 0.2) is 43.0 Å². The Morgan fingerprint density at radius 2 is 2.10 bits per heavy atom. The third-order valence-corrected chi connectivity index (χ3v) is 5.05. The Balaban J connectivity index is 1.59. The number of aromatic nitrogens is 5. The van der Waals surface area contributed by atoms with Gasteiger partial charge >= 0.3 is 0 Å². The molecule has 0 aliphatic carbocycles. The second-order valence-electron chi connectivity index (χ2n) is 7.13. The lowest BCUT2D eigenvalue weighted by Crippen LogP contribution is -2.39. The Kier molecular flexibility index (Phi) is 5.41. The van der Waals surface area contributed by atoms with Gasteiger partial charge in [0.2, 0.25) is 0 Å². The molecule has 4 rings (SSSR count). The van der Waals surface area contributed by atoms with Crippen molar-refractivity contribution in [2.45, 2.75) is 25.7 Å². The molecule has 8 nitrogen and oxygen atoms in total. The monoisotopic (exact) mass is 389 g/mol. The predicted molar refractivity (Wildman–Crippen MR) is 109 cm³/mol. The molecule has 1 atom stereocenters. The van der Waals surface area contributed by atoms with Crippen molar-refractivity contribution in [2.75, 3.05) is 25.5 Å². The molecule has 1 aliphatic heterocycles.